The quantitative estimate of drug-likeness (QED) is 0.793. The molecule has 1 saturated heterocycles. The molecular weight excluding hydrogens is 382 g/mol. The third kappa shape index (κ3) is 3.48. The Labute approximate surface area is 135 Å². The van der Waals surface area contributed by atoms with Gasteiger partial charge in [0.25, 0.3) is 0 Å². The number of nitrogens with zero attached hydrogens (tertiary/aromatic N) is 1. The fourth-order valence-electron chi connectivity index (χ4n) is 2.49. The van der Waals surface area contributed by atoms with Gasteiger partial charge < -0.3 is 10.2 Å². The van der Waals surface area contributed by atoms with E-state index in [1.54, 1.807) is 0 Å². The molecule has 1 unspecified atom stereocenters. The molecule has 6 nitrogen and oxygen atoms in total. The fourth-order valence-corrected chi connectivity index (χ4v) is 6.57. The van der Waals surface area contributed by atoms with Crippen LogP contribution in [0.4, 0.5) is 0 Å². The largest absolute Gasteiger partial charge is 0.477 e. The van der Waals surface area contributed by atoms with Crippen LogP contribution in [0.3, 0.4) is 0 Å². The van der Waals surface area contributed by atoms with Crippen LogP contribution in [0, 0.1) is 0 Å². The number of hydrogen-bond acceptors (Lipinski definition) is 5. The number of halogens is 1. The summed E-state index contributed by atoms with van der Waals surface area (Å²) in [6.45, 7) is 0.333. The van der Waals surface area contributed by atoms with Crippen molar-refractivity contribution in [3.63, 3.8) is 0 Å². The van der Waals surface area contributed by atoms with Gasteiger partial charge in [-0.3, -0.25) is 0 Å². The molecule has 0 spiro atoms. The van der Waals surface area contributed by atoms with Gasteiger partial charge in [0.05, 0.1) is 3.79 Å². The first kappa shape index (κ1) is 16.9. The average molecular weight is 398 g/mol. The van der Waals surface area contributed by atoms with Crippen molar-refractivity contribution in [1.82, 2.24) is 4.31 Å². The van der Waals surface area contributed by atoms with Crippen LogP contribution in [0.1, 0.15) is 35.4 Å². The molecule has 0 saturated carbocycles. The maximum atomic E-state index is 12.8. The molecule has 21 heavy (non-hydrogen) atoms. The van der Waals surface area contributed by atoms with Crippen molar-refractivity contribution in [2.45, 2.75) is 36.6 Å². The molecule has 9 heteroatoms. The van der Waals surface area contributed by atoms with Crippen LogP contribution >= 0.6 is 27.3 Å². The van der Waals surface area contributed by atoms with Gasteiger partial charge in [-0.1, -0.05) is 6.42 Å². The van der Waals surface area contributed by atoms with Gasteiger partial charge in [-0.2, -0.15) is 4.31 Å². The highest BCUT2D eigenvalue weighted by Gasteiger charge is 2.35. The van der Waals surface area contributed by atoms with E-state index < -0.39 is 16.0 Å². The van der Waals surface area contributed by atoms with Crippen LogP contribution in [0.2, 0.25) is 0 Å². The normalized spacial score (nSPS) is 20.6. The lowest BCUT2D eigenvalue weighted by atomic mass is 10.0. The second kappa shape index (κ2) is 6.74. The monoisotopic (exact) mass is 397 g/mol. The summed E-state index contributed by atoms with van der Waals surface area (Å²) < 4.78 is 27.2. The van der Waals surface area contributed by atoms with Gasteiger partial charge >= 0.3 is 5.97 Å². The Bertz CT molecular complexity index is 626. The number of sulfonamides is 1. The van der Waals surface area contributed by atoms with Gasteiger partial charge in [-0.15, -0.1) is 11.3 Å². The first-order valence-electron chi connectivity index (χ1n) is 6.53. The minimum absolute atomic E-state index is 0.00487. The molecule has 0 amide bonds. The lowest BCUT2D eigenvalue weighted by Crippen LogP contribution is -2.44. The first-order valence-corrected chi connectivity index (χ1v) is 9.58. The summed E-state index contributed by atoms with van der Waals surface area (Å²) in [4.78, 5) is 11.0. The standard InChI is InChI=1S/C12H16BrNO5S2/c13-11-10(7-9(20-11)12(16)17)21(18,19)14-5-2-1-3-8(14)4-6-15/h7-8,15H,1-6H2,(H,16,17). The van der Waals surface area contributed by atoms with Crippen molar-refractivity contribution in [2.75, 3.05) is 13.2 Å². The number of hydrogen-bond donors (Lipinski definition) is 2. The van der Waals surface area contributed by atoms with Crippen LogP contribution < -0.4 is 0 Å². The maximum Gasteiger partial charge on any atom is 0.345 e. The summed E-state index contributed by atoms with van der Waals surface area (Å²) in [5.74, 6) is -1.15. The highest BCUT2D eigenvalue weighted by molar-refractivity contribution is 9.11. The van der Waals surface area contributed by atoms with Crippen molar-refractivity contribution in [3.8, 4) is 0 Å². The molecule has 2 N–H and O–H groups in total. The molecule has 1 aliphatic heterocycles. The molecule has 0 aromatic carbocycles. The Kier molecular flexibility index (Phi) is 5.42. The Morgan fingerprint density at radius 2 is 2.19 bits per heavy atom. The number of aromatic carboxylic acids is 1. The molecule has 1 aromatic rings. The zero-order valence-corrected chi connectivity index (χ0v) is 14.4. The second-order valence-electron chi connectivity index (χ2n) is 4.83. The number of aliphatic hydroxyl groups excluding tert-OH is 1. The SMILES string of the molecule is O=C(O)c1cc(S(=O)(=O)N2CCCCC2CCO)c(Br)s1. The number of rotatable bonds is 5. The molecule has 0 bridgehead atoms. The first-order chi connectivity index (χ1) is 9.87. The Hall–Kier alpha value is -0.480. The lowest BCUT2D eigenvalue weighted by Gasteiger charge is -2.34. The van der Waals surface area contributed by atoms with E-state index >= 15 is 0 Å². The van der Waals surface area contributed by atoms with Crippen molar-refractivity contribution >= 4 is 43.3 Å². The second-order valence-corrected chi connectivity index (χ2v) is 9.06. The van der Waals surface area contributed by atoms with Crippen molar-refractivity contribution in [2.24, 2.45) is 0 Å². The Morgan fingerprint density at radius 3 is 2.76 bits per heavy atom. The van der Waals surface area contributed by atoms with Crippen LogP contribution in [0.5, 0.6) is 0 Å². The number of thiophene rings is 1. The topological polar surface area (TPSA) is 94.9 Å². The van der Waals surface area contributed by atoms with Gasteiger partial charge in [-0.25, -0.2) is 13.2 Å². The minimum atomic E-state index is -3.75. The summed E-state index contributed by atoms with van der Waals surface area (Å²) in [5.41, 5.74) is 0. The maximum absolute atomic E-state index is 12.8. The fraction of sp³-hybridized carbons (Fsp3) is 0.583. The van der Waals surface area contributed by atoms with Crippen LogP contribution in [-0.2, 0) is 10.0 Å². The van der Waals surface area contributed by atoms with Gasteiger partial charge in [-0.05, 0) is 41.3 Å². The van der Waals surface area contributed by atoms with E-state index in [0.717, 1.165) is 24.2 Å². The summed E-state index contributed by atoms with van der Waals surface area (Å²) in [7, 11) is -3.75. The molecule has 1 aromatic heterocycles. The summed E-state index contributed by atoms with van der Waals surface area (Å²) in [6, 6.07) is 0.964. The summed E-state index contributed by atoms with van der Waals surface area (Å²) >= 11 is 4.04. The molecular formula is C12H16BrNO5S2. The summed E-state index contributed by atoms with van der Waals surface area (Å²) in [5, 5.41) is 18.1. The third-order valence-corrected chi connectivity index (χ3v) is 7.68. The van der Waals surface area contributed by atoms with E-state index in [1.807, 2.05) is 0 Å². The number of aliphatic hydroxyl groups is 1. The predicted molar refractivity (Wildman–Crippen MR) is 82.2 cm³/mol. The Balaban J connectivity index is 2.38. The molecule has 2 rings (SSSR count). The van der Waals surface area contributed by atoms with E-state index in [2.05, 4.69) is 15.9 Å². The highest BCUT2D eigenvalue weighted by Crippen LogP contribution is 2.36. The molecule has 1 atom stereocenters. The van der Waals surface area contributed by atoms with Crippen molar-refractivity contribution < 1.29 is 23.4 Å². The average Bonchev–Trinajstić information content (AvgIpc) is 2.83. The van der Waals surface area contributed by atoms with E-state index in [9.17, 15) is 13.2 Å². The van der Waals surface area contributed by atoms with E-state index in [0.29, 0.717) is 23.2 Å². The number of carboxylic acids is 1. The predicted octanol–water partition coefficient (Wildman–Crippen LogP) is 2.13. The number of carboxylic acid groups (broad SMARTS) is 1. The van der Waals surface area contributed by atoms with Gasteiger partial charge in [0.15, 0.2) is 0 Å². The van der Waals surface area contributed by atoms with E-state index in [4.69, 9.17) is 10.2 Å². The number of piperidine rings is 1. The van der Waals surface area contributed by atoms with Crippen LogP contribution in [0.15, 0.2) is 14.7 Å². The molecule has 1 fully saturated rings. The third-order valence-electron chi connectivity index (χ3n) is 3.49. The zero-order chi connectivity index (χ0) is 15.6. The van der Waals surface area contributed by atoms with E-state index in [1.165, 1.54) is 10.4 Å². The van der Waals surface area contributed by atoms with E-state index in [-0.39, 0.29) is 22.4 Å². The van der Waals surface area contributed by atoms with Crippen LogP contribution in [0.25, 0.3) is 0 Å². The van der Waals surface area contributed by atoms with Crippen molar-refractivity contribution in [1.29, 1.82) is 0 Å². The van der Waals surface area contributed by atoms with Crippen LogP contribution in [-0.4, -0.2) is 48.1 Å². The highest BCUT2D eigenvalue weighted by atomic mass is 79.9. The van der Waals surface area contributed by atoms with Gasteiger partial charge in [0, 0.05) is 19.2 Å². The Morgan fingerprint density at radius 1 is 1.48 bits per heavy atom. The lowest BCUT2D eigenvalue weighted by molar-refractivity contribution is 0.0702. The molecule has 0 aliphatic carbocycles. The molecule has 1 aliphatic rings. The molecule has 0 radical (unpaired) electrons. The molecule has 2 heterocycles. The zero-order valence-electron chi connectivity index (χ0n) is 11.2. The van der Waals surface area contributed by atoms with Gasteiger partial charge in [0.1, 0.15) is 9.77 Å². The molecule has 118 valence electrons. The summed E-state index contributed by atoms with van der Waals surface area (Å²) in [6.07, 6.45) is 2.82. The minimum Gasteiger partial charge on any atom is -0.477 e. The smallest absolute Gasteiger partial charge is 0.345 e. The number of carbonyl (C=O) groups is 1. The van der Waals surface area contributed by atoms with Gasteiger partial charge in [0.2, 0.25) is 10.0 Å². The van der Waals surface area contributed by atoms with Crippen molar-refractivity contribution in [3.05, 3.63) is 14.7 Å².